The van der Waals surface area contributed by atoms with E-state index in [-0.39, 0.29) is 11.9 Å². The molecule has 3 aromatic rings. The van der Waals surface area contributed by atoms with Gasteiger partial charge in [-0.1, -0.05) is 61.9 Å². The van der Waals surface area contributed by atoms with Crippen LogP contribution in [0.1, 0.15) is 66.8 Å². The highest BCUT2D eigenvalue weighted by Crippen LogP contribution is 2.44. The average molecular weight is 478 g/mol. The van der Waals surface area contributed by atoms with Gasteiger partial charge >= 0.3 is 0 Å². The first-order chi connectivity index (χ1) is 17.6. The summed E-state index contributed by atoms with van der Waals surface area (Å²) in [5, 5.41) is 9.32. The fraction of sp³-hybridized carbons (Fsp3) is 0.333. The number of hydrogen-bond donors (Lipinski definition) is 0. The van der Waals surface area contributed by atoms with Gasteiger partial charge in [0.1, 0.15) is 0 Å². The number of hydrogen-bond acceptors (Lipinski definition) is 4. The van der Waals surface area contributed by atoms with Gasteiger partial charge in [-0.15, -0.1) is 0 Å². The van der Waals surface area contributed by atoms with Crippen LogP contribution in [0.25, 0.3) is 11.1 Å². The number of nitrogens with zero attached hydrogens (tertiary/aromatic N) is 5. The summed E-state index contributed by atoms with van der Waals surface area (Å²) >= 11 is 0. The molecule has 1 saturated carbocycles. The summed E-state index contributed by atoms with van der Waals surface area (Å²) in [4.78, 5) is 25.3. The monoisotopic (exact) mass is 477 g/mol. The molecule has 1 amide bonds. The fourth-order valence-corrected chi connectivity index (χ4v) is 6.04. The van der Waals surface area contributed by atoms with E-state index in [4.69, 9.17) is 4.98 Å². The van der Waals surface area contributed by atoms with E-state index < -0.39 is 0 Å². The van der Waals surface area contributed by atoms with Crippen LogP contribution in [0.4, 0.5) is 0 Å². The predicted molar refractivity (Wildman–Crippen MR) is 141 cm³/mol. The summed E-state index contributed by atoms with van der Waals surface area (Å²) in [6.45, 7) is 6.29. The van der Waals surface area contributed by atoms with E-state index in [0.717, 1.165) is 43.3 Å². The SMILES string of the molecule is C=C/C=C(\C=C(/C)C#N)c1nc(C(=O)N2CCC(c3ccccc3)C3CCCCC32)n2ccncc12. The number of piperidine rings is 1. The van der Waals surface area contributed by atoms with Gasteiger partial charge in [0.05, 0.1) is 23.5 Å². The minimum atomic E-state index is -0.0372. The Kier molecular flexibility index (Phi) is 6.81. The third-order valence-electron chi connectivity index (χ3n) is 7.63. The Labute approximate surface area is 212 Å². The summed E-state index contributed by atoms with van der Waals surface area (Å²) in [5.74, 6) is 1.30. The smallest absolute Gasteiger partial charge is 0.290 e. The van der Waals surface area contributed by atoms with Crippen molar-refractivity contribution in [1.82, 2.24) is 19.3 Å². The molecular weight excluding hydrogens is 446 g/mol. The van der Waals surface area contributed by atoms with Crippen molar-refractivity contribution in [2.45, 2.75) is 51.0 Å². The molecule has 36 heavy (non-hydrogen) atoms. The Morgan fingerprint density at radius 1 is 1.19 bits per heavy atom. The molecule has 0 radical (unpaired) electrons. The van der Waals surface area contributed by atoms with Crippen molar-refractivity contribution in [3.8, 4) is 6.07 Å². The molecule has 3 atom stereocenters. The number of carbonyl (C=O) groups is 1. The van der Waals surface area contributed by atoms with E-state index in [1.54, 1.807) is 37.7 Å². The summed E-state index contributed by atoms with van der Waals surface area (Å²) in [6, 6.07) is 13.2. The lowest BCUT2D eigenvalue weighted by molar-refractivity contribution is 0.0308. The van der Waals surface area contributed by atoms with Crippen molar-refractivity contribution in [3.63, 3.8) is 0 Å². The van der Waals surface area contributed by atoms with Crippen molar-refractivity contribution in [3.05, 3.63) is 96.4 Å². The van der Waals surface area contributed by atoms with E-state index in [2.05, 4.69) is 52.9 Å². The Bertz CT molecular complexity index is 1380. The minimum Gasteiger partial charge on any atom is -0.333 e. The molecule has 1 aliphatic carbocycles. The number of likely N-dealkylation sites (tertiary alicyclic amines) is 1. The quantitative estimate of drug-likeness (QED) is 0.336. The van der Waals surface area contributed by atoms with E-state index in [1.807, 2.05) is 10.5 Å². The zero-order valence-electron chi connectivity index (χ0n) is 20.7. The van der Waals surface area contributed by atoms with Gasteiger partial charge in [0.15, 0.2) is 0 Å². The molecule has 0 spiro atoms. The lowest BCUT2D eigenvalue weighted by Crippen LogP contribution is -2.52. The molecular formula is C30H31N5O. The number of amides is 1. The van der Waals surface area contributed by atoms with E-state index in [1.165, 1.54) is 12.0 Å². The topological polar surface area (TPSA) is 74.3 Å². The van der Waals surface area contributed by atoms with E-state index in [9.17, 15) is 10.1 Å². The molecule has 0 bridgehead atoms. The molecule has 1 aliphatic heterocycles. The second kappa shape index (κ2) is 10.3. The van der Waals surface area contributed by atoms with Crippen LogP contribution >= 0.6 is 0 Å². The van der Waals surface area contributed by atoms with Crippen LogP contribution in [0.2, 0.25) is 0 Å². The van der Waals surface area contributed by atoms with Crippen LogP contribution in [-0.4, -0.2) is 37.8 Å². The van der Waals surface area contributed by atoms with Crippen LogP contribution in [0.3, 0.4) is 0 Å². The summed E-state index contributed by atoms with van der Waals surface area (Å²) in [7, 11) is 0. The normalized spacial score (nSPS) is 22.7. The summed E-state index contributed by atoms with van der Waals surface area (Å²) in [6.07, 6.45) is 15.9. The highest BCUT2D eigenvalue weighted by Gasteiger charge is 2.42. The van der Waals surface area contributed by atoms with Gasteiger partial charge in [-0.25, -0.2) is 4.98 Å². The highest BCUT2D eigenvalue weighted by atomic mass is 16.2. The first-order valence-electron chi connectivity index (χ1n) is 12.7. The lowest BCUT2D eigenvalue weighted by Gasteiger charge is -2.48. The predicted octanol–water partition coefficient (Wildman–Crippen LogP) is 5.96. The summed E-state index contributed by atoms with van der Waals surface area (Å²) in [5.41, 5.74) is 4.02. The number of fused-ring (bicyclic) bond motifs is 2. The molecule has 1 aromatic carbocycles. The highest BCUT2D eigenvalue weighted by molar-refractivity contribution is 5.95. The van der Waals surface area contributed by atoms with Crippen molar-refractivity contribution < 1.29 is 4.79 Å². The molecule has 3 heterocycles. The van der Waals surface area contributed by atoms with Gasteiger partial charge in [-0.2, -0.15) is 5.26 Å². The molecule has 1 saturated heterocycles. The molecule has 5 rings (SSSR count). The Morgan fingerprint density at radius 2 is 2.00 bits per heavy atom. The molecule has 3 unspecified atom stereocenters. The first kappa shape index (κ1) is 23.7. The molecule has 6 nitrogen and oxygen atoms in total. The third kappa shape index (κ3) is 4.37. The van der Waals surface area contributed by atoms with Gasteiger partial charge in [-0.3, -0.25) is 14.2 Å². The molecule has 6 heteroatoms. The van der Waals surface area contributed by atoms with Crippen LogP contribution in [0, 0.1) is 17.2 Å². The number of aromatic nitrogens is 3. The number of rotatable bonds is 5. The van der Waals surface area contributed by atoms with Crippen molar-refractivity contribution >= 4 is 17.0 Å². The number of carbonyl (C=O) groups excluding carboxylic acids is 1. The summed E-state index contributed by atoms with van der Waals surface area (Å²) < 4.78 is 1.83. The number of nitriles is 1. The first-order valence-corrected chi connectivity index (χ1v) is 12.7. The second-order valence-electron chi connectivity index (χ2n) is 9.73. The van der Waals surface area contributed by atoms with Crippen molar-refractivity contribution in [2.24, 2.45) is 5.92 Å². The second-order valence-corrected chi connectivity index (χ2v) is 9.73. The van der Waals surface area contributed by atoms with E-state index >= 15 is 0 Å². The van der Waals surface area contributed by atoms with Gasteiger partial charge in [0, 0.05) is 36.1 Å². The van der Waals surface area contributed by atoms with Gasteiger partial charge < -0.3 is 4.90 Å². The van der Waals surface area contributed by atoms with Crippen LogP contribution in [0.15, 0.2) is 79.3 Å². The average Bonchev–Trinajstić information content (AvgIpc) is 3.32. The fourth-order valence-electron chi connectivity index (χ4n) is 6.04. The van der Waals surface area contributed by atoms with Crippen molar-refractivity contribution in [2.75, 3.05) is 6.54 Å². The maximum absolute atomic E-state index is 14.1. The number of allylic oxidation sites excluding steroid dienone is 5. The number of benzene rings is 1. The van der Waals surface area contributed by atoms with Crippen LogP contribution in [0.5, 0.6) is 0 Å². The minimum absolute atomic E-state index is 0.0372. The molecule has 182 valence electrons. The van der Waals surface area contributed by atoms with Crippen LogP contribution in [-0.2, 0) is 0 Å². The number of imidazole rings is 1. The Balaban J connectivity index is 1.53. The standard InChI is InChI=1S/C30H31N5O/c1-3-9-23(18-21(2)19-31)28-27-20-32-15-17-34(27)29(33-28)30(36)35-16-14-24(22-10-5-4-6-11-22)25-12-7-8-13-26(25)35/h3-6,9-11,15,17-18,20,24-26H,1,7-8,12-14,16H2,2H3/b21-18+,23-9+. The molecule has 2 fully saturated rings. The molecule has 2 aliphatic rings. The maximum Gasteiger partial charge on any atom is 0.290 e. The maximum atomic E-state index is 14.1. The van der Waals surface area contributed by atoms with Gasteiger partial charge in [0.25, 0.3) is 5.91 Å². The lowest BCUT2D eigenvalue weighted by atomic mass is 9.69. The Morgan fingerprint density at radius 3 is 2.78 bits per heavy atom. The Hall–Kier alpha value is -3.98. The molecule has 0 N–H and O–H groups in total. The van der Waals surface area contributed by atoms with Crippen LogP contribution < -0.4 is 0 Å². The zero-order valence-corrected chi connectivity index (χ0v) is 20.7. The van der Waals surface area contributed by atoms with Gasteiger partial charge in [0.2, 0.25) is 5.82 Å². The van der Waals surface area contributed by atoms with Gasteiger partial charge in [-0.05, 0) is 49.7 Å². The van der Waals surface area contributed by atoms with Crippen molar-refractivity contribution in [1.29, 1.82) is 5.26 Å². The zero-order chi connectivity index (χ0) is 25.1. The third-order valence-corrected chi connectivity index (χ3v) is 7.63. The molecule has 2 aromatic heterocycles. The largest absolute Gasteiger partial charge is 0.333 e. The van der Waals surface area contributed by atoms with E-state index in [0.29, 0.717) is 28.9 Å².